The van der Waals surface area contributed by atoms with Gasteiger partial charge in [-0.1, -0.05) is 18.5 Å². The van der Waals surface area contributed by atoms with Crippen LogP contribution in [-0.2, 0) is 4.79 Å². The minimum Gasteiger partial charge on any atom is -0.508 e. The standard InChI is InChI=1S/C12H15ClO3/c1-6(5-10(15)16)11-8(3)12(13)7(2)4-9(11)14/h4,6,14H,5H2,1-3H3,(H,15,16). The zero-order valence-corrected chi connectivity index (χ0v) is 10.3. The molecule has 0 aromatic heterocycles. The van der Waals surface area contributed by atoms with E-state index in [1.807, 2.05) is 0 Å². The Morgan fingerprint density at radius 3 is 2.56 bits per heavy atom. The smallest absolute Gasteiger partial charge is 0.303 e. The van der Waals surface area contributed by atoms with Crippen molar-refractivity contribution in [3.05, 3.63) is 27.8 Å². The predicted octanol–water partition coefficient (Wildman–Crippen LogP) is 3.24. The van der Waals surface area contributed by atoms with E-state index >= 15 is 0 Å². The Labute approximate surface area is 99.7 Å². The number of phenols is 1. The monoisotopic (exact) mass is 242 g/mol. The summed E-state index contributed by atoms with van der Waals surface area (Å²) in [6, 6.07) is 1.57. The molecule has 88 valence electrons. The van der Waals surface area contributed by atoms with Gasteiger partial charge in [0.2, 0.25) is 0 Å². The second kappa shape index (κ2) is 4.74. The van der Waals surface area contributed by atoms with Crippen LogP contribution in [0.1, 0.15) is 36.0 Å². The van der Waals surface area contributed by atoms with Crippen molar-refractivity contribution in [1.29, 1.82) is 0 Å². The fourth-order valence-electron chi connectivity index (χ4n) is 1.94. The number of phenolic OH excluding ortho intramolecular Hbond substituents is 1. The molecule has 0 aliphatic carbocycles. The van der Waals surface area contributed by atoms with Crippen LogP contribution in [-0.4, -0.2) is 16.2 Å². The summed E-state index contributed by atoms with van der Waals surface area (Å²) in [5, 5.41) is 19.2. The van der Waals surface area contributed by atoms with E-state index in [4.69, 9.17) is 16.7 Å². The minimum absolute atomic E-state index is 0.0200. The average Bonchev–Trinajstić information content (AvgIpc) is 2.13. The van der Waals surface area contributed by atoms with Crippen LogP contribution in [0.25, 0.3) is 0 Å². The summed E-state index contributed by atoms with van der Waals surface area (Å²) in [5.41, 5.74) is 2.17. The summed E-state index contributed by atoms with van der Waals surface area (Å²) in [7, 11) is 0. The zero-order chi connectivity index (χ0) is 12.5. The van der Waals surface area contributed by atoms with E-state index in [0.29, 0.717) is 10.6 Å². The molecule has 0 radical (unpaired) electrons. The van der Waals surface area contributed by atoms with Crippen molar-refractivity contribution < 1.29 is 15.0 Å². The number of aliphatic carboxylic acids is 1. The Morgan fingerprint density at radius 1 is 1.50 bits per heavy atom. The SMILES string of the molecule is Cc1cc(O)c(C(C)CC(=O)O)c(C)c1Cl. The van der Waals surface area contributed by atoms with Crippen LogP contribution >= 0.6 is 11.6 Å². The van der Waals surface area contributed by atoms with E-state index in [2.05, 4.69) is 0 Å². The third-order valence-electron chi connectivity index (χ3n) is 2.68. The second-order valence-corrected chi connectivity index (χ2v) is 4.44. The van der Waals surface area contributed by atoms with Crippen LogP contribution in [0.4, 0.5) is 0 Å². The number of rotatable bonds is 3. The lowest BCUT2D eigenvalue weighted by atomic mass is 9.91. The fourth-order valence-corrected chi connectivity index (χ4v) is 2.09. The van der Waals surface area contributed by atoms with E-state index in [1.165, 1.54) is 0 Å². The van der Waals surface area contributed by atoms with E-state index < -0.39 is 5.97 Å². The first-order valence-corrected chi connectivity index (χ1v) is 5.42. The summed E-state index contributed by atoms with van der Waals surface area (Å²) >= 11 is 6.08. The topological polar surface area (TPSA) is 57.5 Å². The van der Waals surface area contributed by atoms with E-state index in [9.17, 15) is 9.90 Å². The molecule has 1 aromatic rings. The Hall–Kier alpha value is -1.22. The van der Waals surface area contributed by atoms with Crippen LogP contribution in [0.2, 0.25) is 5.02 Å². The Morgan fingerprint density at radius 2 is 2.06 bits per heavy atom. The molecule has 0 aliphatic rings. The largest absolute Gasteiger partial charge is 0.508 e. The molecule has 3 nitrogen and oxygen atoms in total. The molecule has 0 heterocycles. The van der Waals surface area contributed by atoms with Crippen LogP contribution in [0.3, 0.4) is 0 Å². The quantitative estimate of drug-likeness (QED) is 0.856. The van der Waals surface area contributed by atoms with Crippen molar-refractivity contribution >= 4 is 17.6 Å². The van der Waals surface area contributed by atoms with Gasteiger partial charge in [-0.05, 0) is 37.0 Å². The highest BCUT2D eigenvalue weighted by Gasteiger charge is 2.19. The van der Waals surface area contributed by atoms with Gasteiger partial charge in [0.05, 0.1) is 6.42 Å². The molecule has 0 aliphatic heterocycles. The molecule has 0 saturated carbocycles. The average molecular weight is 243 g/mol. The summed E-state index contributed by atoms with van der Waals surface area (Å²) in [6.07, 6.45) is -0.0200. The number of hydrogen-bond donors (Lipinski definition) is 2. The van der Waals surface area contributed by atoms with Crippen molar-refractivity contribution in [2.75, 3.05) is 0 Å². The molecule has 2 N–H and O–H groups in total. The first-order valence-electron chi connectivity index (χ1n) is 5.05. The van der Waals surface area contributed by atoms with Crippen molar-refractivity contribution in [1.82, 2.24) is 0 Å². The molecule has 1 atom stereocenters. The van der Waals surface area contributed by atoms with Crippen LogP contribution in [0.5, 0.6) is 5.75 Å². The highest BCUT2D eigenvalue weighted by Crippen LogP contribution is 2.36. The maximum atomic E-state index is 10.6. The molecule has 0 fully saturated rings. The van der Waals surface area contributed by atoms with Gasteiger partial charge in [-0.3, -0.25) is 4.79 Å². The van der Waals surface area contributed by atoms with Crippen molar-refractivity contribution in [3.8, 4) is 5.75 Å². The van der Waals surface area contributed by atoms with Crippen LogP contribution in [0.15, 0.2) is 6.07 Å². The number of halogens is 1. The Kier molecular flexibility index (Phi) is 3.81. The molecule has 0 saturated heterocycles. The maximum Gasteiger partial charge on any atom is 0.303 e. The predicted molar refractivity (Wildman–Crippen MR) is 63.3 cm³/mol. The number of carboxylic acid groups (broad SMARTS) is 1. The first kappa shape index (κ1) is 12.8. The Balaban J connectivity index is 3.23. The molecule has 16 heavy (non-hydrogen) atoms. The minimum atomic E-state index is -0.886. The van der Waals surface area contributed by atoms with E-state index in [-0.39, 0.29) is 18.1 Å². The molecule has 1 rings (SSSR count). The van der Waals surface area contributed by atoms with E-state index in [1.54, 1.807) is 26.8 Å². The van der Waals surface area contributed by atoms with Crippen molar-refractivity contribution in [2.24, 2.45) is 0 Å². The molecule has 0 amide bonds. The number of aryl methyl sites for hydroxylation is 1. The molecular weight excluding hydrogens is 228 g/mol. The Bertz CT molecular complexity index is 427. The van der Waals surface area contributed by atoms with Crippen LogP contribution < -0.4 is 0 Å². The number of hydrogen-bond acceptors (Lipinski definition) is 2. The lowest BCUT2D eigenvalue weighted by Gasteiger charge is -2.17. The lowest BCUT2D eigenvalue weighted by Crippen LogP contribution is -2.05. The zero-order valence-electron chi connectivity index (χ0n) is 9.54. The molecular formula is C12H15ClO3. The molecule has 1 unspecified atom stereocenters. The highest BCUT2D eigenvalue weighted by atomic mass is 35.5. The lowest BCUT2D eigenvalue weighted by molar-refractivity contribution is -0.137. The number of carbonyl (C=O) groups is 1. The fraction of sp³-hybridized carbons (Fsp3) is 0.417. The van der Waals surface area contributed by atoms with Gasteiger partial charge in [-0.15, -0.1) is 0 Å². The van der Waals surface area contributed by atoms with Gasteiger partial charge in [0, 0.05) is 10.6 Å². The van der Waals surface area contributed by atoms with Gasteiger partial charge < -0.3 is 10.2 Å². The van der Waals surface area contributed by atoms with Crippen LogP contribution in [0, 0.1) is 13.8 Å². The summed E-state index contributed by atoms with van der Waals surface area (Å²) < 4.78 is 0. The van der Waals surface area contributed by atoms with Gasteiger partial charge in [-0.25, -0.2) is 0 Å². The maximum absolute atomic E-state index is 10.6. The number of carboxylic acids is 1. The third-order valence-corrected chi connectivity index (χ3v) is 3.26. The van der Waals surface area contributed by atoms with Gasteiger partial charge in [0.15, 0.2) is 0 Å². The summed E-state index contributed by atoms with van der Waals surface area (Å²) in [4.78, 5) is 10.6. The van der Waals surface area contributed by atoms with Crippen molar-refractivity contribution in [3.63, 3.8) is 0 Å². The highest BCUT2D eigenvalue weighted by molar-refractivity contribution is 6.32. The third kappa shape index (κ3) is 2.47. The summed E-state index contributed by atoms with van der Waals surface area (Å²) in [5.74, 6) is -1.02. The number of benzene rings is 1. The molecule has 0 spiro atoms. The van der Waals surface area contributed by atoms with E-state index in [0.717, 1.165) is 11.1 Å². The van der Waals surface area contributed by atoms with Crippen molar-refractivity contribution in [2.45, 2.75) is 33.1 Å². The first-order chi connectivity index (χ1) is 7.34. The van der Waals surface area contributed by atoms with Gasteiger partial charge in [0.1, 0.15) is 5.75 Å². The second-order valence-electron chi connectivity index (χ2n) is 4.06. The van der Waals surface area contributed by atoms with Gasteiger partial charge in [0.25, 0.3) is 0 Å². The van der Waals surface area contributed by atoms with Gasteiger partial charge >= 0.3 is 5.97 Å². The molecule has 4 heteroatoms. The number of aromatic hydroxyl groups is 1. The van der Waals surface area contributed by atoms with Gasteiger partial charge in [-0.2, -0.15) is 0 Å². The normalized spacial score (nSPS) is 12.5. The molecule has 0 bridgehead atoms. The molecule has 1 aromatic carbocycles. The summed E-state index contributed by atoms with van der Waals surface area (Å²) in [6.45, 7) is 5.37.